The second-order valence-electron chi connectivity index (χ2n) is 7.00. The van der Waals surface area contributed by atoms with Gasteiger partial charge in [-0.15, -0.1) is 0 Å². The quantitative estimate of drug-likeness (QED) is 0.737. The van der Waals surface area contributed by atoms with Gasteiger partial charge in [0.25, 0.3) is 11.5 Å². The Bertz CT molecular complexity index is 692. The number of methoxy groups -OCH3 is 1. The Labute approximate surface area is 153 Å². The van der Waals surface area contributed by atoms with Gasteiger partial charge in [-0.2, -0.15) is 0 Å². The summed E-state index contributed by atoms with van der Waals surface area (Å²) in [4.78, 5) is 27.7. The molecule has 0 atom stereocenters. The van der Waals surface area contributed by atoms with Gasteiger partial charge in [0.05, 0.1) is 19.8 Å². The van der Waals surface area contributed by atoms with Crippen LogP contribution in [-0.4, -0.2) is 62.0 Å². The van der Waals surface area contributed by atoms with Crippen LogP contribution >= 0.6 is 0 Å². The van der Waals surface area contributed by atoms with Gasteiger partial charge in [0, 0.05) is 44.9 Å². The van der Waals surface area contributed by atoms with Crippen LogP contribution in [0.15, 0.2) is 10.9 Å². The van der Waals surface area contributed by atoms with Gasteiger partial charge in [-0.25, -0.2) is 0 Å². The number of hydrogen-bond donors (Lipinski definition) is 0. The molecule has 0 aromatic carbocycles. The predicted molar refractivity (Wildman–Crippen MR) is 96.9 cm³/mol. The molecule has 0 saturated carbocycles. The van der Waals surface area contributed by atoms with Crippen LogP contribution in [-0.2, 0) is 22.4 Å². The van der Waals surface area contributed by atoms with Crippen molar-refractivity contribution in [3.8, 4) is 5.75 Å². The van der Waals surface area contributed by atoms with Crippen molar-refractivity contribution in [2.45, 2.75) is 32.7 Å². The molecule has 26 heavy (non-hydrogen) atoms. The number of likely N-dealkylation sites (tertiary alicyclic amines) is 1. The van der Waals surface area contributed by atoms with E-state index in [1.54, 1.807) is 11.7 Å². The van der Waals surface area contributed by atoms with E-state index in [1.807, 2.05) is 4.90 Å². The van der Waals surface area contributed by atoms with Crippen LogP contribution in [0.25, 0.3) is 0 Å². The molecule has 1 fully saturated rings. The topological polar surface area (TPSA) is 70.0 Å². The maximum Gasteiger partial charge on any atom is 0.259 e. The van der Waals surface area contributed by atoms with Crippen molar-refractivity contribution in [1.82, 2.24) is 9.47 Å². The third kappa shape index (κ3) is 4.10. The SMILES string of the molecule is COCCOc1cc(=O)n2c(c1C(=O)N1CCC(C)CC1)CCOCC2. The Morgan fingerprint density at radius 3 is 2.73 bits per heavy atom. The van der Waals surface area contributed by atoms with E-state index in [1.165, 1.54) is 6.07 Å². The summed E-state index contributed by atoms with van der Waals surface area (Å²) < 4.78 is 18.0. The average Bonchev–Trinajstić information content (AvgIpc) is 2.89. The zero-order chi connectivity index (χ0) is 18.5. The normalized spacial score (nSPS) is 18.3. The van der Waals surface area contributed by atoms with Gasteiger partial charge in [0.2, 0.25) is 0 Å². The summed E-state index contributed by atoms with van der Waals surface area (Å²) in [5.74, 6) is 0.958. The molecule has 0 bridgehead atoms. The fourth-order valence-corrected chi connectivity index (χ4v) is 3.55. The molecule has 0 spiro atoms. The number of aromatic nitrogens is 1. The predicted octanol–water partition coefficient (Wildman–Crippen LogP) is 1.32. The number of carbonyl (C=O) groups is 1. The van der Waals surface area contributed by atoms with E-state index in [4.69, 9.17) is 14.2 Å². The van der Waals surface area contributed by atoms with Crippen molar-refractivity contribution in [3.63, 3.8) is 0 Å². The first kappa shape index (κ1) is 18.9. The Balaban J connectivity index is 1.98. The van der Waals surface area contributed by atoms with E-state index in [9.17, 15) is 9.59 Å². The molecule has 7 nitrogen and oxygen atoms in total. The third-order valence-corrected chi connectivity index (χ3v) is 5.15. The smallest absolute Gasteiger partial charge is 0.259 e. The van der Waals surface area contributed by atoms with Crippen LogP contribution in [0.1, 0.15) is 35.8 Å². The zero-order valence-electron chi connectivity index (χ0n) is 15.7. The highest BCUT2D eigenvalue weighted by Crippen LogP contribution is 2.27. The number of nitrogens with zero attached hydrogens (tertiary/aromatic N) is 2. The van der Waals surface area contributed by atoms with Crippen LogP contribution in [0, 0.1) is 5.92 Å². The number of carbonyl (C=O) groups excluding carboxylic acids is 1. The minimum absolute atomic E-state index is 0.0463. The van der Waals surface area contributed by atoms with E-state index < -0.39 is 0 Å². The molecule has 2 aliphatic rings. The first-order chi connectivity index (χ1) is 12.6. The first-order valence-corrected chi connectivity index (χ1v) is 9.37. The van der Waals surface area contributed by atoms with Gasteiger partial charge in [-0.1, -0.05) is 6.92 Å². The lowest BCUT2D eigenvalue weighted by molar-refractivity contribution is 0.0687. The number of piperidine rings is 1. The fraction of sp³-hybridized carbons (Fsp3) is 0.684. The summed E-state index contributed by atoms with van der Waals surface area (Å²) in [5.41, 5.74) is 1.09. The van der Waals surface area contributed by atoms with Gasteiger partial charge in [0.1, 0.15) is 17.9 Å². The van der Waals surface area contributed by atoms with Crippen molar-refractivity contribution in [1.29, 1.82) is 0 Å². The first-order valence-electron chi connectivity index (χ1n) is 9.37. The zero-order valence-corrected chi connectivity index (χ0v) is 15.7. The average molecular weight is 364 g/mol. The number of hydrogen-bond acceptors (Lipinski definition) is 5. The Morgan fingerprint density at radius 2 is 2.00 bits per heavy atom. The molecule has 7 heteroatoms. The standard InChI is InChI=1S/C19H28N2O5/c1-14-3-6-20(7-4-14)19(23)18-15-5-9-25-10-8-21(15)17(22)13-16(18)26-12-11-24-2/h13-14H,3-12H2,1-2H3. The van der Waals surface area contributed by atoms with E-state index in [0.717, 1.165) is 31.6 Å². The number of rotatable bonds is 5. The maximum atomic E-state index is 13.3. The highest BCUT2D eigenvalue weighted by Gasteiger charge is 2.29. The summed E-state index contributed by atoms with van der Waals surface area (Å²) in [5, 5.41) is 0. The molecule has 0 N–H and O–H groups in total. The van der Waals surface area contributed by atoms with Gasteiger partial charge in [0.15, 0.2) is 0 Å². The number of amides is 1. The molecule has 2 aliphatic heterocycles. The van der Waals surface area contributed by atoms with Crippen LogP contribution in [0.4, 0.5) is 0 Å². The molecule has 0 aliphatic carbocycles. The van der Waals surface area contributed by atoms with E-state index in [-0.39, 0.29) is 11.5 Å². The molecule has 1 amide bonds. The molecule has 144 valence electrons. The lowest BCUT2D eigenvalue weighted by Crippen LogP contribution is -2.40. The Hall–Kier alpha value is -1.86. The number of fused-ring (bicyclic) bond motifs is 1. The highest BCUT2D eigenvalue weighted by molar-refractivity contribution is 5.98. The third-order valence-electron chi connectivity index (χ3n) is 5.15. The molecule has 3 rings (SSSR count). The minimum Gasteiger partial charge on any atom is -0.490 e. The van der Waals surface area contributed by atoms with Crippen LogP contribution < -0.4 is 10.3 Å². The molecule has 1 aromatic rings. The maximum absolute atomic E-state index is 13.3. The van der Waals surface area contributed by atoms with Crippen LogP contribution in [0.2, 0.25) is 0 Å². The second kappa shape index (κ2) is 8.68. The Morgan fingerprint density at radius 1 is 1.23 bits per heavy atom. The summed E-state index contributed by atoms with van der Waals surface area (Å²) in [6.45, 7) is 5.84. The molecular formula is C19H28N2O5. The molecule has 0 unspecified atom stereocenters. The van der Waals surface area contributed by atoms with E-state index in [0.29, 0.717) is 56.6 Å². The van der Waals surface area contributed by atoms with Crippen LogP contribution in [0.5, 0.6) is 5.75 Å². The Kier molecular flexibility index (Phi) is 6.32. The van der Waals surface area contributed by atoms with Gasteiger partial charge in [-0.3, -0.25) is 9.59 Å². The van der Waals surface area contributed by atoms with Crippen LogP contribution in [0.3, 0.4) is 0 Å². The molecule has 1 aromatic heterocycles. The molecule has 0 radical (unpaired) electrons. The summed E-state index contributed by atoms with van der Waals surface area (Å²) in [6, 6.07) is 1.43. The van der Waals surface area contributed by atoms with Crippen molar-refractivity contribution in [3.05, 3.63) is 27.7 Å². The van der Waals surface area contributed by atoms with Gasteiger partial charge in [-0.05, 0) is 18.8 Å². The molecule has 1 saturated heterocycles. The van der Waals surface area contributed by atoms with Crippen molar-refractivity contribution < 1.29 is 19.0 Å². The van der Waals surface area contributed by atoms with Gasteiger partial charge >= 0.3 is 0 Å². The number of pyridine rings is 1. The molecular weight excluding hydrogens is 336 g/mol. The minimum atomic E-state index is -0.151. The summed E-state index contributed by atoms with van der Waals surface area (Å²) >= 11 is 0. The largest absolute Gasteiger partial charge is 0.490 e. The lowest BCUT2D eigenvalue weighted by atomic mass is 9.98. The second-order valence-corrected chi connectivity index (χ2v) is 7.00. The lowest BCUT2D eigenvalue weighted by Gasteiger charge is -2.31. The van der Waals surface area contributed by atoms with Crippen molar-refractivity contribution in [2.24, 2.45) is 5.92 Å². The monoisotopic (exact) mass is 364 g/mol. The van der Waals surface area contributed by atoms with E-state index in [2.05, 4.69) is 6.92 Å². The fourth-order valence-electron chi connectivity index (χ4n) is 3.55. The van der Waals surface area contributed by atoms with Crippen molar-refractivity contribution in [2.75, 3.05) is 46.6 Å². The number of ether oxygens (including phenoxy) is 3. The summed E-state index contributed by atoms with van der Waals surface area (Å²) in [6.07, 6.45) is 2.54. The van der Waals surface area contributed by atoms with Crippen molar-refractivity contribution >= 4 is 5.91 Å². The highest BCUT2D eigenvalue weighted by atomic mass is 16.5. The summed E-state index contributed by atoms with van der Waals surface area (Å²) in [7, 11) is 1.59. The van der Waals surface area contributed by atoms with E-state index >= 15 is 0 Å². The molecule has 3 heterocycles. The van der Waals surface area contributed by atoms with Gasteiger partial charge < -0.3 is 23.7 Å².